The van der Waals surface area contributed by atoms with Crippen LogP contribution in [0.15, 0.2) is 36.7 Å². The summed E-state index contributed by atoms with van der Waals surface area (Å²) in [5, 5.41) is 18.5. The largest absolute Gasteiger partial charge is 0.495 e. The summed E-state index contributed by atoms with van der Waals surface area (Å²) in [4.78, 5) is 19.1. The van der Waals surface area contributed by atoms with Gasteiger partial charge in [0.15, 0.2) is 0 Å². The molecule has 0 aliphatic rings. The van der Waals surface area contributed by atoms with Crippen LogP contribution in [-0.4, -0.2) is 29.1 Å². The van der Waals surface area contributed by atoms with Gasteiger partial charge in [-0.15, -0.1) is 0 Å². The van der Waals surface area contributed by atoms with Crippen LogP contribution in [0.2, 0.25) is 15.1 Å². The van der Waals surface area contributed by atoms with Crippen LogP contribution >= 0.6 is 34.8 Å². The average molecular weight is 471 g/mol. The van der Waals surface area contributed by atoms with Gasteiger partial charge in [0.25, 0.3) is 0 Å². The average Bonchev–Trinajstić information content (AvgIpc) is 2.70. The van der Waals surface area contributed by atoms with Gasteiger partial charge in [-0.1, -0.05) is 34.8 Å². The number of methoxy groups -OCH3 is 2. The second-order valence-corrected chi connectivity index (χ2v) is 6.99. The lowest BCUT2D eigenvalue weighted by Gasteiger charge is -2.14. The van der Waals surface area contributed by atoms with Gasteiger partial charge in [0.05, 0.1) is 40.6 Å². The van der Waals surface area contributed by atoms with Gasteiger partial charge in [-0.3, -0.25) is 10.1 Å². The normalized spacial score (nSPS) is 10.4. The Morgan fingerprint density at radius 3 is 2.10 bits per heavy atom. The quantitative estimate of drug-likeness (QED) is 0.327. The number of ether oxygens (including phenoxy) is 2. The molecule has 156 valence electrons. The fourth-order valence-electron chi connectivity index (χ4n) is 2.54. The van der Waals surface area contributed by atoms with Gasteiger partial charge >= 0.3 is 5.69 Å². The number of benzene rings is 2. The number of nitrogens with one attached hydrogen (secondary N) is 2. The van der Waals surface area contributed by atoms with Crippen molar-refractivity contribution in [1.82, 2.24) is 9.97 Å². The minimum Gasteiger partial charge on any atom is -0.495 e. The van der Waals surface area contributed by atoms with Crippen LogP contribution in [0.3, 0.4) is 0 Å². The predicted octanol–water partition coefficient (Wildman–Crippen LogP) is 5.85. The van der Waals surface area contributed by atoms with Crippen LogP contribution in [0.25, 0.3) is 0 Å². The molecule has 0 fully saturated rings. The molecule has 0 radical (unpaired) electrons. The van der Waals surface area contributed by atoms with E-state index < -0.39 is 10.6 Å². The first-order valence-corrected chi connectivity index (χ1v) is 9.37. The minimum atomic E-state index is -0.619. The molecule has 3 aromatic rings. The van der Waals surface area contributed by atoms with Crippen LogP contribution in [0.4, 0.5) is 28.7 Å². The minimum absolute atomic E-state index is 0.0692. The third-order valence-electron chi connectivity index (χ3n) is 3.92. The number of anilines is 4. The summed E-state index contributed by atoms with van der Waals surface area (Å²) in [5.74, 6) is 0.581. The molecule has 0 atom stereocenters. The van der Waals surface area contributed by atoms with Gasteiger partial charge in [-0.25, -0.2) is 9.97 Å². The molecule has 1 heterocycles. The summed E-state index contributed by atoms with van der Waals surface area (Å²) in [6.45, 7) is 0. The fourth-order valence-corrected chi connectivity index (χ4v) is 3.23. The van der Waals surface area contributed by atoms with Gasteiger partial charge in [0, 0.05) is 11.1 Å². The molecule has 3 rings (SSSR count). The Hall–Kier alpha value is -3.01. The third-order valence-corrected chi connectivity index (χ3v) is 4.76. The van der Waals surface area contributed by atoms with E-state index in [1.165, 1.54) is 32.7 Å². The molecular weight excluding hydrogens is 457 g/mol. The van der Waals surface area contributed by atoms with Gasteiger partial charge in [0.2, 0.25) is 11.6 Å². The zero-order valence-corrected chi connectivity index (χ0v) is 17.8. The molecule has 0 aliphatic carbocycles. The summed E-state index contributed by atoms with van der Waals surface area (Å²) in [7, 11) is 2.90. The first kappa shape index (κ1) is 21.7. The SMILES string of the molecule is COc1cc(OC)c(Nc2ncnc(Nc3ccc(Cl)cc3Cl)c2[N+](=O)[O-])cc1Cl. The highest BCUT2D eigenvalue weighted by Crippen LogP contribution is 2.40. The molecule has 9 nitrogen and oxygen atoms in total. The number of rotatable bonds is 7. The molecule has 1 aromatic heterocycles. The van der Waals surface area contributed by atoms with Crippen LogP contribution in [0, 0.1) is 10.1 Å². The molecule has 2 aromatic carbocycles. The Bertz CT molecular complexity index is 1110. The van der Waals surface area contributed by atoms with Crippen molar-refractivity contribution < 1.29 is 14.4 Å². The maximum absolute atomic E-state index is 11.8. The molecule has 0 spiro atoms. The van der Waals surface area contributed by atoms with Crippen molar-refractivity contribution in [2.75, 3.05) is 24.9 Å². The summed E-state index contributed by atoms with van der Waals surface area (Å²) in [5.41, 5.74) is 0.331. The highest BCUT2D eigenvalue weighted by atomic mass is 35.5. The van der Waals surface area contributed by atoms with E-state index in [2.05, 4.69) is 20.6 Å². The third kappa shape index (κ3) is 4.59. The zero-order valence-electron chi connectivity index (χ0n) is 15.6. The van der Waals surface area contributed by atoms with Crippen LogP contribution in [0.1, 0.15) is 0 Å². The molecule has 2 N–H and O–H groups in total. The van der Waals surface area contributed by atoms with Gasteiger partial charge in [0.1, 0.15) is 17.8 Å². The highest BCUT2D eigenvalue weighted by molar-refractivity contribution is 6.36. The Morgan fingerprint density at radius 2 is 1.53 bits per heavy atom. The van der Waals surface area contributed by atoms with Crippen molar-refractivity contribution in [3.05, 3.63) is 61.8 Å². The first-order valence-electron chi connectivity index (χ1n) is 8.24. The van der Waals surface area contributed by atoms with E-state index in [4.69, 9.17) is 44.3 Å². The lowest BCUT2D eigenvalue weighted by Crippen LogP contribution is -2.06. The van der Waals surface area contributed by atoms with Crippen LogP contribution in [0.5, 0.6) is 11.5 Å². The van der Waals surface area contributed by atoms with Gasteiger partial charge in [-0.05, 0) is 24.3 Å². The first-order chi connectivity index (χ1) is 14.3. The Kier molecular flexibility index (Phi) is 6.66. The highest BCUT2D eigenvalue weighted by Gasteiger charge is 2.25. The van der Waals surface area contributed by atoms with Gasteiger partial charge in [-0.2, -0.15) is 0 Å². The summed E-state index contributed by atoms with van der Waals surface area (Å²) < 4.78 is 10.5. The van der Waals surface area contributed by atoms with Crippen LogP contribution in [-0.2, 0) is 0 Å². The molecule has 0 unspecified atom stereocenters. The van der Waals surface area contributed by atoms with Gasteiger partial charge < -0.3 is 20.1 Å². The predicted molar refractivity (Wildman–Crippen MR) is 116 cm³/mol. The van der Waals surface area contributed by atoms with Crippen molar-refractivity contribution in [3.8, 4) is 11.5 Å². The lowest BCUT2D eigenvalue weighted by atomic mass is 10.2. The summed E-state index contributed by atoms with van der Waals surface area (Å²) in [6.07, 6.45) is 1.17. The topological polar surface area (TPSA) is 111 Å². The van der Waals surface area contributed by atoms with Crippen molar-refractivity contribution in [2.24, 2.45) is 0 Å². The standard InChI is InChI=1S/C18H14Cl3N5O4/c1-29-14-7-15(30-2)13(6-11(14)21)25-18-16(26(27)28)17(22-8-23-18)24-12-4-3-9(19)5-10(12)20/h3-8H,1-2H3,(H2,22,23,24,25). The summed E-state index contributed by atoms with van der Waals surface area (Å²) in [6, 6.07) is 7.72. The fraction of sp³-hybridized carbons (Fsp3) is 0.111. The van der Waals surface area contributed by atoms with E-state index >= 15 is 0 Å². The van der Waals surface area contributed by atoms with E-state index in [-0.39, 0.29) is 21.7 Å². The van der Waals surface area contributed by atoms with Crippen LogP contribution < -0.4 is 20.1 Å². The number of hydrogen-bond acceptors (Lipinski definition) is 8. The lowest BCUT2D eigenvalue weighted by molar-refractivity contribution is -0.383. The second kappa shape index (κ2) is 9.21. The molecule has 0 bridgehead atoms. The molecule has 0 aliphatic heterocycles. The number of nitrogens with zero attached hydrogens (tertiary/aromatic N) is 3. The number of hydrogen-bond donors (Lipinski definition) is 2. The maximum atomic E-state index is 11.8. The molecule has 12 heteroatoms. The summed E-state index contributed by atoms with van der Waals surface area (Å²) >= 11 is 18.2. The van der Waals surface area contributed by atoms with E-state index in [1.807, 2.05) is 0 Å². The maximum Gasteiger partial charge on any atom is 0.353 e. The monoisotopic (exact) mass is 469 g/mol. The van der Waals surface area contributed by atoms with Crippen molar-refractivity contribution in [1.29, 1.82) is 0 Å². The Morgan fingerprint density at radius 1 is 0.900 bits per heavy atom. The molecular formula is C18H14Cl3N5O4. The Labute approximate surface area is 186 Å². The second-order valence-electron chi connectivity index (χ2n) is 5.74. The van der Waals surface area contributed by atoms with E-state index in [1.54, 1.807) is 18.2 Å². The number of aromatic nitrogens is 2. The smallest absolute Gasteiger partial charge is 0.353 e. The van der Waals surface area contributed by atoms with E-state index in [0.717, 1.165) is 0 Å². The Balaban J connectivity index is 2.03. The number of nitro groups is 1. The molecule has 0 saturated heterocycles. The van der Waals surface area contributed by atoms with Crippen molar-refractivity contribution in [3.63, 3.8) is 0 Å². The molecule has 0 saturated carbocycles. The van der Waals surface area contributed by atoms with E-state index in [9.17, 15) is 10.1 Å². The van der Waals surface area contributed by atoms with E-state index in [0.29, 0.717) is 27.9 Å². The van der Waals surface area contributed by atoms with Crippen molar-refractivity contribution >= 4 is 63.5 Å². The molecule has 0 amide bonds. The number of halogens is 3. The van der Waals surface area contributed by atoms with Crippen molar-refractivity contribution in [2.45, 2.75) is 0 Å². The zero-order chi connectivity index (χ0) is 21.8. The molecule has 30 heavy (non-hydrogen) atoms.